The number of carbonyl (C=O) groups is 1. The second kappa shape index (κ2) is 6.90. The molecule has 25 heavy (non-hydrogen) atoms. The first kappa shape index (κ1) is 16.2. The van der Waals surface area contributed by atoms with E-state index in [-0.39, 0.29) is 12.1 Å². The Morgan fingerprint density at radius 3 is 3.04 bits per heavy atom. The van der Waals surface area contributed by atoms with Crippen molar-refractivity contribution in [3.63, 3.8) is 0 Å². The van der Waals surface area contributed by atoms with Crippen molar-refractivity contribution in [2.75, 3.05) is 13.1 Å². The highest BCUT2D eigenvalue weighted by atomic mass is 16.5. The summed E-state index contributed by atoms with van der Waals surface area (Å²) in [5.41, 5.74) is 3.70. The molecule has 1 saturated heterocycles. The average Bonchev–Trinajstić information content (AvgIpc) is 3.28. The minimum atomic E-state index is 0.0135. The molecule has 1 aromatic heterocycles. The van der Waals surface area contributed by atoms with Gasteiger partial charge in [0.25, 0.3) is 0 Å². The molecule has 2 aliphatic rings. The van der Waals surface area contributed by atoms with Gasteiger partial charge in [-0.3, -0.25) is 0 Å². The summed E-state index contributed by atoms with van der Waals surface area (Å²) in [5.74, 6) is 1.22. The molecule has 2 amide bonds. The summed E-state index contributed by atoms with van der Waals surface area (Å²) in [6.45, 7) is 3.39. The number of hydrogen-bond donors (Lipinski definition) is 1. The molecule has 1 fully saturated rings. The highest BCUT2D eigenvalue weighted by Crippen LogP contribution is 2.33. The molecule has 2 heterocycles. The van der Waals surface area contributed by atoms with Crippen LogP contribution in [-0.2, 0) is 6.42 Å². The second-order valence-corrected chi connectivity index (χ2v) is 7.20. The lowest BCUT2D eigenvalue weighted by molar-refractivity contribution is 0.181. The zero-order valence-corrected chi connectivity index (χ0v) is 14.7. The first-order valence-electron chi connectivity index (χ1n) is 9.28. The van der Waals surface area contributed by atoms with Gasteiger partial charge in [0, 0.05) is 25.1 Å². The van der Waals surface area contributed by atoms with Gasteiger partial charge in [0.05, 0.1) is 11.7 Å². The Kier molecular flexibility index (Phi) is 4.47. The van der Waals surface area contributed by atoms with Crippen LogP contribution >= 0.6 is 0 Å². The van der Waals surface area contributed by atoms with Gasteiger partial charge in [0.15, 0.2) is 5.76 Å². The van der Waals surface area contributed by atoms with Crippen LogP contribution in [0.4, 0.5) is 4.79 Å². The van der Waals surface area contributed by atoms with Gasteiger partial charge in [0.1, 0.15) is 0 Å². The van der Waals surface area contributed by atoms with E-state index >= 15 is 0 Å². The molecule has 0 spiro atoms. The van der Waals surface area contributed by atoms with Gasteiger partial charge in [-0.05, 0) is 50.2 Å². The van der Waals surface area contributed by atoms with Crippen molar-refractivity contribution in [1.29, 1.82) is 0 Å². The van der Waals surface area contributed by atoms with Gasteiger partial charge in [0.2, 0.25) is 0 Å². The SMILES string of the molecule is Cc1cc([C@H]2CCCN2C(=O)NC[C@H]2CCCc3ccccc32)on1. The Morgan fingerprint density at radius 2 is 2.20 bits per heavy atom. The van der Waals surface area contributed by atoms with Crippen LogP contribution in [0.2, 0.25) is 0 Å². The quantitative estimate of drug-likeness (QED) is 0.921. The number of nitrogens with one attached hydrogen (secondary N) is 1. The Bertz CT molecular complexity index is 755. The van der Waals surface area contributed by atoms with Crippen LogP contribution in [0.1, 0.15) is 60.2 Å². The highest BCUT2D eigenvalue weighted by Gasteiger charge is 2.33. The third kappa shape index (κ3) is 3.28. The molecule has 1 aliphatic carbocycles. The number of benzene rings is 1. The van der Waals surface area contributed by atoms with E-state index in [9.17, 15) is 4.79 Å². The van der Waals surface area contributed by atoms with E-state index in [2.05, 4.69) is 34.7 Å². The highest BCUT2D eigenvalue weighted by molar-refractivity contribution is 5.75. The molecule has 5 heteroatoms. The van der Waals surface area contributed by atoms with Crippen molar-refractivity contribution < 1.29 is 9.32 Å². The van der Waals surface area contributed by atoms with Crippen molar-refractivity contribution in [3.05, 3.63) is 52.9 Å². The molecule has 1 aromatic carbocycles. The number of aryl methyl sites for hydroxylation is 2. The summed E-state index contributed by atoms with van der Waals surface area (Å²) >= 11 is 0. The average molecular weight is 339 g/mol. The first-order valence-corrected chi connectivity index (χ1v) is 9.28. The standard InChI is InChI=1S/C20H25N3O2/c1-14-12-19(25-22-14)18-10-5-11-23(18)20(24)21-13-16-8-4-7-15-6-2-3-9-17(15)16/h2-3,6,9,12,16,18H,4-5,7-8,10-11,13H2,1H3,(H,21,24)/t16-,18-/m1/s1. The number of amides is 2. The number of aromatic nitrogens is 1. The third-order valence-electron chi connectivity index (χ3n) is 5.48. The molecule has 2 atom stereocenters. The van der Waals surface area contributed by atoms with E-state index in [1.54, 1.807) is 0 Å². The lowest BCUT2D eigenvalue weighted by Gasteiger charge is -2.28. The van der Waals surface area contributed by atoms with Crippen LogP contribution in [0.25, 0.3) is 0 Å². The summed E-state index contributed by atoms with van der Waals surface area (Å²) in [4.78, 5) is 14.6. The van der Waals surface area contributed by atoms with Gasteiger partial charge in [-0.25, -0.2) is 4.79 Å². The lowest BCUT2D eigenvalue weighted by atomic mass is 9.83. The first-order chi connectivity index (χ1) is 12.2. The number of urea groups is 1. The number of carbonyl (C=O) groups excluding carboxylic acids is 1. The molecule has 0 bridgehead atoms. The predicted molar refractivity (Wildman–Crippen MR) is 95.4 cm³/mol. The molecule has 5 nitrogen and oxygen atoms in total. The fraction of sp³-hybridized carbons (Fsp3) is 0.500. The molecule has 2 aromatic rings. The van der Waals surface area contributed by atoms with Crippen molar-refractivity contribution in [2.24, 2.45) is 0 Å². The molecule has 0 saturated carbocycles. The number of likely N-dealkylation sites (tertiary alicyclic amines) is 1. The van der Waals surface area contributed by atoms with Gasteiger partial charge >= 0.3 is 6.03 Å². The van der Waals surface area contributed by atoms with Crippen LogP contribution in [0.15, 0.2) is 34.9 Å². The fourth-order valence-corrected chi connectivity index (χ4v) is 4.22. The molecular formula is C20H25N3O2. The Balaban J connectivity index is 1.41. The second-order valence-electron chi connectivity index (χ2n) is 7.20. The number of rotatable bonds is 3. The summed E-state index contributed by atoms with van der Waals surface area (Å²) < 4.78 is 5.40. The predicted octanol–water partition coefficient (Wildman–Crippen LogP) is 3.95. The monoisotopic (exact) mass is 339 g/mol. The Labute approximate surface area is 148 Å². The third-order valence-corrected chi connectivity index (χ3v) is 5.48. The van der Waals surface area contributed by atoms with E-state index in [1.807, 2.05) is 17.9 Å². The van der Waals surface area contributed by atoms with E-state index in [0.717, 1.165) is 43.7 Å². The van der Waals surface area contributed by atoms with Crippen molar-refractivity contribution >= 4 is 6.03 Å². The van der Waals surface area contributed by atoms with Crippen LogP contribution in [0.3, 0.4) is 0 Å². The van der Waals surface area contributed by atoms with Gasteiger partial charge in [-0.2, -0.15) is 0 Å². The topological polar surface area (TPSA) is 58.4 Å². The normalized spacial score (nSPS) is 22.7. The maximum atomic E-state index is 12.7. The summed E-state index contributed by atoms with van der Waals surface area (Å²) in [5, 5.41) is 7.13. The summed E-state index contributed by atoms with van der Waals surface area (Å²) in [6, 6.07) is 10.6. The minimum Gasteiger partial charge on any atom is -0.359 e. The van der Waals surface area contributed by atoms with Gasteiger partial charge in [-0.15, -0.1) is 0 Å². The van der Waals surface area contributed by atoms with Crippen LogP contribution in [0.5, 0.6) is 0 Å². The maximum Gasteiger partial charge on any atom is 0.318 e. The fourth-order valence-electron chi connectivity index (χ4n) is 4.22. The molecule has 4 rings (SSSR count). The Hall–Kier alpha value is -2.30. The number of hydrogen-bond acceptors (Lipinski definition) is 3. The van der Waals surface area contributed by atoms with Gasteiger partial charge in [-0.1, -0.05) is 29.4 Å². The van der Waals surface area contributed by atoms with Gasteiger partial charge < -0.3 is 14.7 Å². The summed E-state index contributed by atoms with van der Waals surface area (Å²) in [7, 11) is 0. The van der Waals surface area contributed by atoms with Crippen molar-refractivity contribution in [1.82, 2.24) is 15.4 Å². The van der Waals surface area contributed by atoms with E-state index in [0.29, 0.717) is 12.5 Å². The van der Waals surface area contributed by atoms with E-state index in [1.165, 1.54) is 17.5 Å². The lowest BCUT2D eigenvalue weighted by Crippen LogP contribution is -2.41. The number of nitrogens with zero attached hydrogens (tertiary/aromatic N) is 2. The van der Waals surface area contributed by atoms with Crippen molar-refractivity contribution in [3.8, 4) is 0 Å². The summed E-state index contributed by atoms with van der Waals surface area (Å²) in [6.07, 6.45) is 5.43. The molecule has 1 aliphatic heterocycles. The van der Waals surface area contributed by atoms with Crippen LogP contribution in [0, 0.1) is 6.92 Å². The number of fused-ring (bicyclic) bond motifs is 1. The molecular weight excluding hydrogens is 314 g/mol. The zero-order valence-electron chi connectivity index (χ0n) is 14.7. The zero-order chi connectivity index (χ0) is 17.2. The smallest absolute Gasteiger partial charge is 0.318 e. The Morgan fingerprint density at radius 1 is 1.32 bits per heavy atom. The molecule has 0 radical (unpaired) electrons. The minimum absolute atomic E-state index is 0.0135. The maximum absolute atomic E-state index is 12.7. The van der Waals surface area contributed by atoms with Crippen LogP contribution < -0.4 is 5.32 Å². The van der Waals surface area contributed by atoms with Crippen LogP contribution in [-0.4, -0.2) is 29.2 Å². The molecule has 1 N–H and O–H groups in total. The van der Waals surface area contributed by atoms with Crippen molar-refractivity contribution in [2.45, 2.75) is 51.0 Å². The largest absolute Gasteiger partial charge is 0.359 e. The van der Waals surface area contributed by atoms with E-state index in [4.69, 9.17) is 4.52 Å². The molecule has 0 unspecified atom stereocenters. The van der Waals surface area contributed by atoms with E-state index < -0.39 is 0 Å². The molecule has 132 valence electrons.